The molecule has 5 heterocycles. The highest BCUT2D eigenvalue weighted by Gasteiger charge is 2.47. The average Bonchev–Trinajstić information content (AvgIpc) is 3.74. The lowest BCUT2D eigenvalue weighted by Crippen LogP contribution is -2.54. The Kier molecular flexibility index (Phi) is 9.75. The number of imide groups is 2. The number of pyridine rings is 1. The van der Waals surface area contributed by atoms with Gasteiger partial charge in [-0.25, -0.2) is 0 Å². The third-order valence-electron chi connectivity index (χ3n) is 13.1. The fourth-order valence-corrected chi connectivity index (χ4v) is 10.0. The second kappa shape index (κ2) is 15.0. The molecule has 2 saturated heterocycles. The lowest BCUT2D eigenvalue weighted by atomic mass is 9.57. The van der Waals surface area contributed by atoms with Crippen LogP contribution in [0.4, 0.5) is 11.4 Å². The van der Waals surface area contributed by atoms with Crippen LogP contribution in [0.25, 0.3) is 10.9 Å². The fourth-order valence-electron chi connectivity index (χ4n) is 10.0. The van der Waals surface area contributed by atoms with Crippen molar-refractivity contribution in [1.29, 1.82) is 0 Å². The molecule has 57 heavy (non-hydrogen) atoms. The number of fused-ring (bicyclic) bond motifs is 2. The van der Waals surface area contributed by atoms with Gasteiger partial charge in [0.25, 0.3) is 17.7 Å². The van der Waals surface area contributed by atoms with Crippen LogP contribution in [-0.4, -0.2) is 93.4 Å². The summed E-state index contributed by atoms with van der Waals surface area (Å²) in [6.45, 7) is 4.14. The SMILES string of the molecule is COc1cc2nn([C@H]3CC[C@H](CN4CCC5(CC4)CC(CNc4cccc6c4C(=O)N(C4CCC(=O)NC4=O)C6=O)C5)CC3)cc2cc1NC(=O)c1ccccn1. The number of nitrogens with one attached hydrogen (secondary N) is 3. The maximum atomic E-state index is 13.5. The molecule has 5 aliphatic rings. The number of methoxy groups -OCH3 is 1. The molecule has 3 N–H and O–H groups in total. The number of hydrogen-bond donors (Lipinski definition) is 3. The van der Waals surface area contributed by atoms with Gasteiger partial charge in [0.2, 0.25) is 11.8 Å². The highest BCUT2D eigenvalue weighted by atomic mass is 16.5. The van der Waals surface area contributed by atoms with E-state index in [1.54, 1.807) is 43.6 Å². The predicted octanol–water partition coefficient (Wildman–Crippen LogP) is 5.43. The van der Waals surface area contributed by atoms with Gasteiger partial charge in [0.1, 0.15) is 17.5 Å². The topological polar surface area (TPSA) is 168 Å². The first-order valence-electron chi connectivity index (χ1n) is 20.3. The molecule has 296 valence electrons. The quantitative estimate of drug-likeness (QED) is 0.177. The Balaban J connectivity index is 0.730. The van der Waals surface area contributed by atoms with E-state index < -0.39 is 23.8 Å². The molecule has 0 radical (unpaired) electrons. The number of rotatable bonds is 10. The van der Waals surface area contributed by atoms with Crippen molar-refractivity contribution in [3.8, 4) is 5.75 Å². The Morgan fingerprint density at radius 1 is 0.930 bits per heavy atom. The third kappa shape index (κ3) is 7.15. The fraction of sp³-hybridized carbons (Fsp3) is 0.465. The first-order chi connectivity index (χ1) is 27.7. The van der Waals surface area contributed by atoms with Crippen LogP contribution < -0.4 is 20.7 Å². The van der Waals surface area contributed by atoms with Gasteiger partial charge in [-0.1, -0.05) is 12.1 Å². The molecule has 4 fully saturated rings. The molecule has 14 nitrogen and oxygen atoms in total. The van der Waals surface area contributed by atoms with Crippen molar-refractivity contribution in [3.05, 3.63) is 77.7 Å². The zero-order valence-corrected chi connectivity index (χ0v) is 32.2. The van der Waals surface area contributed by atoms with E-state index in [9.17, 15) is 24.0 Å². The monoisotopic (exact) mass is 772 g/mol. The van der Waals surface area contributed by atoms with Gasteiger partial charge in [-0.3, -0.25) is 43.9 Å². The molecule has 1 spiro atoms. The van der Waals surface area contributed by atoms with Crippen molar-refractivity contribution in [2.75, 3.05) is 43.9 Å². The van der Waals surface area contributed by atoms with Crippen molar-refractivity contribution < 1.29 is 28.7 Å². The lowest BCUT2D eigenvalue weighted by Gasteiger charge is -2.53. The largest absolute Gasteiger partial charge is 0.494 e. The molecule has 14 heteroatoms. The van der Waals surface area contributed by atoms with Gasteiger partial charge in [-0.15, -0.1) is 0 Å². The maximum Gasteiger partial charge on any atom is 0.274 e. The second-order valence-corrected chi connectivity index (χ2v) is 16.7. The Morgan fingerprint density at radius 3 is 2.47 bits per heavy atom. The number of carbonyl (C=O) groups is 5. The minimum absolute atomic E-state index is 0.0974. The van der Waals surface area contributed by atoms with E-state index in [1.807, 2.05) is 18.2 Å². The summed E-state index contributed by atoms with van der Waals surface area (Å²) >= 11 is 0. The number of hydrogen-bond acceptors (Lipinski definition) is 10. The molecule has 2 aromatic heterocycles. The van der Waals surface area contributed by atoms with Crippen LogP contribution in [0, 0.1) is 17.3 Å². The number of piperidine rings is 2. The van der Waals surface area contributed by atoms with Gasteiger partial charge < -0.3 is 20.3 Å². The smallest absolute Gasteiger partial charge is 0.274 e. The highest BCUT2D eigenvalue weighted by molar-refractivity contribution is 6.25. The molecule has 2 aliphatic carbocycles. The minimum Gasteiger partial charge on any atom is -0.494 e. The molecule has 1 atom stereocenters. The molecule has 3 aliphatic heterocycles. The molecule has 2 aromatic carbocycles. The molecular formula is C43H48N8O6. The normalized spacial score (nSPS) is 23.7. The van der Waals surface area contributed by atoms with Crippen molar-refractivity contribution in [1.82, 2.24) is 29.9 Å². The average molecular weight is 773 g/mol. The van der Waals surface area contributed by atoms with Gasteiger partial charge in [0, 0.05) is 49.0 Å². The molecule has 4 aromatic rings. The Morgan fingerprint density at radius 2 is 1.74 bits per heavy atom. The number of anilines is 2. The number of ether oxygens (including phenoxy) is 1. The highest BCUT2D eigenvalue weighted by Crippen LogP contribution is 2.53. The number of amides is 5. The van der Waals surface area contributed by atoms with Gasteiger partial charge in [-0.2, -0.15) is 5.10 Å². The Hall–Kier alpha value is -5.63. The molecule has 9 rings (SSSR count). The van der Waals surface area contributed by atoms with Crippen LogP contribution in [0.3, 0.4) is 0 Å². The van der Waals surface area contributed by atoms with E-state index in [2.05, 4.69) is 36.7 Å². The standard InChI is InChI=1S/C43H48N8O6/c1-57-36-20-33-28(19-34(36)46-39(53)32-6-2-3-16-44-32)25-50(48-33)29-10-8-26(9-11-29)24-49-17-14-43(15-18-49)21-27(22-43)23-45-31-7-4-5-30-38(31)42(56)51(41(30)55)35-12-13-37(52)47-40(35)54/h2-7,16,19-20,25-27,29,35,45H,8-15,17-18,21-24H2,1H3,(H,46,53)(H,47,52,54)/t26-,29-,35?. The van der Waals surface area contributed by atoms with Crippen molar-refractivity contribution in [2.45, 2.75) is 76.3 Å². The van der Waals surface area contributed by atoms with Gasteiger partial charge >= 0.3 is 0 Å². The van der Waals surface area contributed by atoms with E-state index in [0.29, 0.717) is 57.2 Å². The van der Waals surface area contributed by atoms with Crippen LogP contribution >= 0.6 is 0 Å². The summed E-state index contributed by atoms with van der Waals surface area (Å²) in [7, 11) is 1.59. The molecule has 5 amide bonds. The summed E-state index contributed by atoms with van der Waals surface area (Å²) in [5.41, 5.74) is 3.41. The van der Waals surface area contributed by atoms with Crippen LogP contribution in [-0.2, 0) is 9.59 Å². The summed E-state index contributed by atoms with van der Waals surface area (Å²) in [5.74, 6) is -0.494. The number of likely N-dealkylation sites (tertiary alicyclic amines) is 1. The summed E-state index contributed by atoms with van der Waals surface area (Å²) in [4.78, 5) is 71.5. The number of nitrogens with zero attached hydrogens (tertiary/aromatic N) is 5. The van der Waals surface area contributed by atoms with Crippen LogP contribution in [0.5, 0.6) is 5.75 Å². The van der Waals surface area contributed by atoms with Gasteiger partial charge in [-0.05, 0) is 118 Å². The van der Waals surface area contributed by atoms with E-state index in [-0.39, 0.29) is 24.7 Å². The van der Waals surface area contributed by atoms with Crippen molar-refractivity contribution in [3.63, 3.8) is 0 Å². The van der Waals surface area contributed by atoms with Crippen LogP contribution in [0.1, 0.15) is 101 Å². The van der Waals surface area contributed by atoms with Gasteiger partial charge in [0.05, 0.1) is 35.5 Å². The summed E-state index contributed by atoms with van der Waals surface area (Å²) < 4.78 is 7.71. The number of benzene rings is 2. The van der Waals surface area contributed by atoms with E-state index in [4.69, 9.17) is 9.84 Å². The predicted molar refractivity (Wildman–Crippen MR) is 212 cm³/mol. The van der Waals surface area contributed by atoms with Gasteiger partial charge in [0.15, 0.2) is 0 Å². The van der Waals surface area contributed by atoms with Crippen molar-refractivity contribution >= 4 is 51.8 Å². The Bertz CT molecular complexity index is 2230. The van der Waals surface area contributed by atoms with Crippen LogP contribution in [0.15, 0.2) is 60.9 Å². The Labute approximate surface area is 330 Å². The third-order valence-corrected chi connectivity index (χ3v) is 13.1. The number of carbonyl (C=O) groups excluding carboxylic acids is 5. The summed E-state index contributed by atoms with van der Waals surface area (Å²) in [5, 5.41) is 14.6. The maximum absolute atomic E-state index is 13.5. The van der Waals surface area contributed by atoms with Crippen LogP contribution in [0.2, 0.25) is 0 Å². The van der Waals surface area contributed by atoms with Crippen molar-refractivity contribution in [2.24, 2.45) is 17.3 Å². The zero-order valence-electron chi connectivity index (χ0n) is 32.2. The van der Waals surface area contributed by atoms with E-state index in [1.165, 1.54) is 25.7 Å². The molecular weight excluding hydrogens is 725 g/mol. The first kappa shape index (κ1) is 37.0. The van der Waals surface area contributed by atoms with E-state index >= 15 is 0 Å². The lowest BCUT2D eigenvalue weighted by molar-refractivity contribution is -0.136. The zero-order chi connectivity index (χ0) is 39.3. The minimum atomic E-state index is -0.971. The first-order valence-corrected chi connectivity index (χ1v) is 20.3. The molecule has 2 saturated carbocycles. The summed E-state index contributed by atoms with van der Waals surface area (Å²) in [6.07, 6.45) is 13.2. The summed E-state index contributed by atoms with van der Waals surface area (Å²) in [6, 6.07) is 13.7. The number of aromatic nitrogens is 3. The molecule has 0 bridgehead atoms. The molecule has 1 unspecified atom stereocenters. The second-order valence-electron chi connectivity index (χ2n) is 16.7. The van der Waals surface area contributed by atoms with E-state index in [0.717, 1.165) is 67.7 Å².